The minimum absolute atomic E-state index is 0.406. The highest BCUT2D eigenvalue weighted by molar-refractivity contribution is 5.46. The topological polar surface area (TPSA) is 48.1 Å². The van der Waals surface area contributed by atoms with E-state index in [1.165, 1.54) is 0 Å². The second-order valence-corrected chi connectivity index (χ2v) is 3.40. The van der Waals surface area contributed by atoms with Crippen LogP contribution in [0.5, 0.6) is 5.75 Å². The normalized spacial score (nSPS) is 10.5. The number of nitrogens with zero attached hydrogens (tertiary/aromatic N) is 1. The molecule has 1 rings (SSSR count). The van der Waals surface area contributed by atoms with E-state index in [0.29, 0.717) is 11.7 Å². The molecule has 0 bridgehead atoms. The average Bonchev–Trinajstić information content (AvgIpc) is 2.01. The van der Waals surface area contributed by atoms with Crippen LogP contribution >= 0.6 is 0 Å². The van der Waals surface area contributed by atoms with E-state index in [9.17, 15) is 0 Å². The molecule has 0 unspecified atom stereocenters. The lowest BCUT2D eigenvalue weighted by Crippen LogP contribution is -2.02. The second-order valence-electron chi connectivity index (χ2n) is 3.40. The molecule has 1 aromatic heterocycles. The minimum Gasteiger partial charge on any atom is -0.496 e. The van der Waals surface area contributed by atoms with E-state index >= 15 is 0 Å². The molecule has 0 atom stereocenters. The second kappa shape index (κ2) is 3.64. The smallest absolute Gasteiger partial charge is 0.127 e. The molecule has 0 saturated heterocycles. The van der Waals surface area contributed by atoms with Crippen molar-refractivity contribution in [2.75, 3.05) is 12.8 Å². The molecule has 3 heteroatoms. The number of hydrogen-bond donors (Lipinski definition) is 1. The van der Waals surface area contributed by atoms with Crippen LogP contribution in [0.1, 0.15) is 31.0 Å². The quantitative estimate of drug-likeness (QED) is 0.758. The monoisotopic (exact) mass is 180 g/mol. The molecule has 0 aliphatic heterocycles. The molecular formula is C10H16N2O. The predicted molar refractivity (Wildman–Crippen MR) is 54.0 cm³/mol. The van der Waals surface area contributed by atoms with Crippen LogP contribution in [0.2, 0.25) is 0 Å². The van der Waals surface area contributed by atoms with Gasteiger partial charge in [0.15, 0.2) is 0 Å². The maximum absolute atomic E-state index is 5.61. The van der Waals surface area contributed by atoms with E-state index in [1.54, 1.807) is 13.2 Å². The van der Waals surface area contributed by atoms with E-state index in [1.807, 2.05) is 6.92 Å². The van der Waals surface area contributed by atoms with Crippen molar-refractivity contribution < 1.29 is 4.74 Å². The lowest BCUT2D eigenvalue weighted by Gasteiger charge is -2.14. The summed E-state index contributed by atoms with van der Waals surface area (Å²) in [4.78, 5) is 4.20. The number of anilines is 1. The van der Waals surface area contributed by atoms with Gasteiger partial charge in [-0.3, -0.25) is 0 Å². The van der Waals surface area contributed by atoms with Crippen molar-refractivity contribution in [2.24, 2.45) is 0 Å². The number of aryl methyl sites for hydroxylation is 1. The summed E-state index contributed by atoms with van der Waals surface area (Å²) < 4.78 is 5.25. The Bertz CT molecular complexity index is 308. The van der Waals surface area contributed by atoms with E-state index < -0.39 is 0 Å². The third-order valence-corrected chi connectivity index (χ3v) is 2.03. The van der Waals surface area contributed by atoms with Crippen LogP contribution in [0.25, 0.3) is 0 Å². The zero-order valence-corrected chi connectivity index (χ0v) is 8.59. The van der Waals surface area contributed by atoms with Crippen LogP contribution in [0.15, 0.2) is 6.07 Å². The molecule has 0 fully saturated rings. The molecule has 0 aliphatic carbocycles. The number of aromatic nitrogens is 1. The molecule has 1 heterocycles. The first-order valence-electron chi connectivity index (χ1n) is 4.37. The Balaban J connectivity index is 3.30. The van der Waals surface area contributed by atoms with Gasteiger partial charge in [0, 0.05) is 17.3 Å². The molecule has 2 N–H and O–H groups in total. The fraction of sp³-hybridized carbons (Fsp3) is 0.500. The van der Waals surface area contributed by atoms with Gasteiger partial charge in [0.25, 0.3) is 0 Å². The standard InChI is InChI=1S/C10H16N2O/c1-6(2)10-7(3)12-9(11)5-8(10)13-4/h5-6H,1-4H3,(H2,11,12). The number of rotatable bonds is 2. The minimum atomic E-state index is 0.406. The van der Waals surface area contributed by atoms with Gasteiger partial charge >= 0.3 is 0 Å². The summed E-state index contributed by atoms with van der Waals surface area (Å²) in [5.41, 5.74) is 7.70. The zero-order valence-electron chi connectivity index (χ0n) is 8.59. The van der Waals surface area contributed by atoms with Gasteiger partial charge in [0.2, 0.25) is 0 Å². The van der Waals surface area contributed by atoms with Crippen molar-refractivity contribution in [3.8, 4) is 5.75 Å². The first kappa shape index (κ1) is 9.84. The van der Waals surface area contributed by atoms with Crippen LogP contribution in [0, 0.1) is 6.92 Å². The third-order valence-electron chi connectivity index (χ3n) is 2.03. The van der Waals surface area contributed by atoms with Gasteiger partial charge in [0.1, 0.15) is 11.6 Å². The van der Waals surface area contributed by atoms with E-state index in [-0.39, 0.29) is 0 Å². The van der Waals surface area contributed by atoms with Gasteiger partial charge in [-0.05, 0) is 12.8 Å². The molecule has 0 spiro atoms. The van der Waals surface area contributed by atoms with Crippen molar-refractivity contribution in [1.29, 1.82) is 0 Å². The molecule has 0 aromatic carbocycles. The van der Waals surface area contributed by atoms with Crippen molar-refractivity contribution in [3.63, 3.8) is 0 Å². The zero-order chi connectivity index (χ0) is 10.0. The summed E-state index contributed by atoms with van der Waals surface area (Å²) in [5.74, 6) is 1.75. The van der Waals surface area contributed by atoms with Crippen LogP contribution in [-0.2, 0) is 0 Å². The van der Waals surface area contributed by atoms with Crippen LogP contribution < -0.4 is 10.5 Å². The summed E-state index contributed by atoms with van der Waals surface area (Å²) in [6, 6.07) is 1.77. The van der Waals surface area contributed by atoms with E-state index in [4.69, 9.17) is 10.5 Å². The number of methoxy groups -OCH3 is 1. The lowest BCUT2D eigenvalue weighted by atomic mass is 10.0. The van der Waals surface area contributed by atoms with Gasteiger partial charge in [-0.25, -0.2) is 4.98 Å². The summed E-state index contributed by atoms with van der Waals surface area (Å²) in [7, 11) is 1.65. The largest absolute Gasteiger partial charge is 0.496 e. The fourth-order valence-electron chi connectivity index (χ4n) is 1.55. The molecule has 0 saturated carbocycles. The first-order chi connectivity index (χ1) is 6.06. The van der Waals surface area contributed by atoms with Crippen molar-refractivity contribution in [1.82, 2.24) is 4.98 Å². The SMILES string of the molecule is COc1cc(N)nc(C)c1C(C)C. The van der Waals surface area contributed by atoms with Gasteiger partial charge in [-0.2, -0.15) is 0 Å². The lowest BCUT2D eigenvalue weighted by molar-refractivity contribution is 0.406. The summed E-state index contributed by atoms with van der Waals surface area (Å²) in [6.07, 6.45) is 0. The summed E-state index contributed by atoms with van der Waals surface area (Å²) in [5, 5.41) is 0. The Kier molecular flexibility index (Phi) is 2.76. The highest BCUT2D eigenvalue weighted by Gasteiger charge is 2.12. The van der Waals surface area contributed by atoms with Gasteiger partial charge in [-0.15, -0.1) is 0 Å². The van der Waals surface area contributed by atoms with Crippen LogP contribution in [0.3, 0.4) is 0 Å². The third kappa shape index (κ3) is 1.91. The van der Waals surface area contributed by atoms with Gasteiger partial charge < -0.3 is 10.5 Å². The molecule has 13 heavy (non-hydrogen) atoms. The fourth-order valence-corrected chi connectivity index (χ4v) is 1.55. The van der Waals surface area contributed by atoms with Crippen LogP contribution in [0.4, 0.5) is 5.82 Å². The summed E-state index contributed by atoms with van der Waals surface area (Å²) >= 11 is 0. The van der Waals surface area contributed by atoms with Gasteiger partial charge in [0.05, 0.1) is 7.11 Å². The Morgan fingerprint density at radius 2 is 2.08 bits per heavy atom. The first-order valence-corrected chi connectivity index (χ1v) is 4.37. The predicted octanol–water partition coefficient (Wildman–Crippen LogP) is 2.10. The maximum Gasteiger partial charge on any atom is 0.127 e. The number of nitrogen functional groups attached to an aromatic ring is 1. The van der Waals surface area contributed by atoms with Crippen LogP contribution in [-0.4, -0.2) is 12.1 Å². The Labute approximate surface area is 78.9 Å². The number of nitrogens with two attached hydrogens (primary N) is 1. The number of hydrogen-bond acceptors (Lipinski definition) is 3. The molecular weight excluding hydrogens is 164 g/mol. The molecule has 0 radical (unpaired) electrons. The summed E-state index contributed by atoms with van der Waals surface area (Å²) in [6.45, 7) is 6.18. The molecule has 1 aromatic rings. The van der Waals surface area contributed by atoms with Gasteiger partial charge in [-0.1, -0.05) is 13.8 Å². The highest BCUT2D eigenvalue weighted by Crippen LogP contribution is 2.29. The number of ether oxygens (including phenoxy) is 1. The van der Waals surface area contributed by atoms with Crippen molar-refractivity contribution in [2.45, 2.75) is 26.7 Å². The maximum atomic E-state index is 5.61. The molecule has 0 aliphatic rings. The average molecular weight is 180 g/mol. The molecule has 3 nitrogen and oxygen atoms in total. The Hall–Kier alpha value is -1.25. The highest BCUT2D eigenvalue weighted by atomic mass is 16.5. The van der Waals surface area contributed by atoms with Crippen molar-refractivity contribution in [3.05, 3.63) is 17.3 Å². The van der Waals surface area contributed by atoms with E-state index in [0.717, 1.165) is 17.0 Å². The molecule has 72 valence electrons. The van der Waals surface area contributed by atoms with E-state index in [2.05, 4.69) is 18.8 Å². The Morgan fingerprint density at radius 1 is 1.46 bits per heavy atom. The molecule has 0 amide bonds. The Morgan fingerprint density at radius 3 is 2.54 bits per heavy atom. The van der Waals surface area contributed by atoms with Crippen molar-refractivity contribution >= 4 is 5.82 Å². The number of pyridine rings is 1.